The second kappa shape index (κ2) is 5.20. The van der Waals surface area contributed by atoms with Crippen LogP contribution in [0.15, 0.2) is 24.3 Å². The van der Waals surface area contributed by atoms with Crippen molar-refractivity contribution in [3.63, 3.8) is 0 Å². The molecule has 3 rings (SSSR count). The van der Waals surface area contributed by atoms with Gasteiger partial charge in [-0.15, -0.1) is 0 Å². The van der Waals surface area contributed by atoms with Crippen LogP contribution in [0.4, 0.5) is 5.69 Å². The van der Waals surface area contributed by atoms with Gasteiger partial charge in [0.2, 0.25) is 0 Å². The molecule has 2 aromatic rings. The lowest BCUT2D eigenvalue weighted by molar-refractivity contribution is 0.923. The van der Waals surface area contributed by atoms with Crippen molar-refractivity contribution in [2.75, 3.05) is 11.9 Å². The number of rotatable bonds is 5. The van der Waals surface area contributed by atoms with E-state index in [1.54, 1.807) is 0 Å². The normalized spacial score (nSPS) is 14.8. The van der Waals surface area contributed by atoms with E-state index >= 15 is 0 Å². The van der Waals surface area contributed by atoms with E-state index in [0.29, 0.717) is 5.92 Å². The zero-order valence-corrected chi connectivity index (χ0v) is 11.9. The zero-order valence-electron chi connectivity index (χ0n) is 11.9. The van der Waals surface area contributed by atoms with Gasteiger partial charge in [-0.2, -0.15) is 0 Å². The number of hydrogen-bond acceptors (Lipinski definition) is 2. The molecule has 0 unspecified atom stereocenters. The second-order valence-corrected chi connectivity index (χ2v) is 5.46. The molecule has 1 aromatic heterocycles. The van der Waals surface area contributed by atoms with Crippen LogP contribution in [0.2, 0.25) is 0 Å². The SMILES string of the molecule is CCCc1cccc2c(NCC)cc(C3CC3)nc12. The van der Waals surface area contributed by atoms with Crippen LogP contribution >= 0.6 is 0 Å². The van der Waals surface area contributed by atoms with Crippen LogP contribution in [-0.4, -0.2) is 11.5 Å². The summed E-state index contributed by atoms with van der Waals surface area (Å²) < 4.78 is 0. The molecule has 0 aliphatic heterocycles. The van der Waals surface area contributed by atoms with Crippen LogP contribution in [0.25, 0.3) is 10.9 Å². The van der Waals surface area contributed by atoms with Gasteiger partial charge in [0, 0.05) is 29.2 Å². The minimum absolute atomic E-state index is 0.705. The van der Waals surface area contributed by atoms with Crippen LogP contribution < -0.4 is 5.32 Å². The summed E-state index contributed by atoms with van der Waals surface area (Å²) in [7, 11) is 0. The summed E-state index contributed by atoms with van der Waals surface area (Å²) in [6.45, 7) is 5.34. The Morgan fingerprint density at radius 1 is 1.26 bits per heavy atom. The van der Waals surface area contributed by atoms with Crippen LogP contribution in [0.5, 0.6) is 0 Å². The maximum atomic E-state index is 4.96. The van der Waals surface area contributed by atoms with Crippen molar-refractivity contribution in [3.8, 4) is 0 Å². The Hall–Kier alpha value is -1.57. The minimum atomic E-state index is 0.705. The van der Waals surface area contributed by atoms with Gasteiger partial charge in [-0.1, -0.05) is 31.5 Å². The molecule has 1 aliphatic rings. The van der Waals surface area contributed by atoms with E-state index in [0.717, 1.165) is 13.0 Å². The van der Waals surface area contributed by atoms with Gasteiger partial charge in [-0.25, -0.2) is 0 Å². The summed E-state index contributed by atoms with van der Waals surface area (Å²) in [5.41, 5.74) is 5.14. The van der Waals surface area contributed by atoms with Crippen molar-refractivity contribution < 1.29 is 0 Å². The lowest BCUT2D eigenvalue weighted by Gasteiger charge is -2.13. The highest BCUT2D eigenvalue weighted by Gasteiger charge is 2.26. The summed E-state index contributed by atoms with van der Waals surface area (Å²) in [5.74, 6) is 0.705. The maximum absolute atomic E-state index is 4.96. The van der Waals surface area contributed by atoms with Gasteiger partial charge in [-0.05, 0) is 37.8 Å². The summed E-state index contributed by atoms with van der Waals surface area (Å²) in [4.78, 5) is 4.96. The first kappa shape index (κ1) is 12.5. The van der Waals surface area contributed by atoms with E-state index in [-0.39, 0.29) is 0 Å². The van der Waals surface area contributed by atoms with Crippen molar-refractivity contribution in [3.05, 3.63) is 35.5 Å². The third kappa shape index (κ3) is 2.44. The van der Waals surface area contributed by atoms with E-state index < -0.39 is 0 Å². The van der Waals surface area contributed by atoms with Crippen molar-refractivity contribution >= 4 is 16.6 Å². The van der Waals surface area contributed by atoms with Crippen molar-refractivity contribution in [1.82, 2.24) is 4.98 Å². The molecule has 0 saturated heterocycles. The Morgan fingerprint density at radius 2 is 2.11 bits per heavy atom. The number of benzene rings is 1. The van der Waals surface area contributed by atoms with Gasteiger partial charge in [0.05, 0.1) is 5.52 Å². The van der Waals surface area contributed by atoms with E-state index in [9.17, 15) is 0 Å². The number of nitrogens with zero attached hydrogens (tertiary/aromatic N) is 1. The van der Waals surface area contributed by atoms with Crippen LogP contribution in [0.1, 0.15) is 50.3 Å². The second-order valence-electron chi connectivity index (χ2n) is 5.46. The molecule has 2 nitrogen and oxygen atoms in total. The van der Waals surface area contributed by atoms with Gasteiger partial charge in [0.1, 0.15) is 0 Å². The molecule has 0 atom stereocenters. The molecule has 1 aliphatic carbocycles. The van der Waals surface area contributed by atoms with Gasteiger partial charge in [0.15, 0.2) is 0 Å². The Bertz CT molecular complexity index is 585. The van der Waals surface area contributed by atoms with Gasteiger partial charge in [0.25, 0.3) is 0 Å². The highest BCUT2D eigenvalue weighted by Crippen LogP contribution is 2.41. The van der Waals surface area contributed by atoms with Gasteiger partial charge >= 0.3 is 0 Å². The quantitative estimate of drug-likeness (QED) is 0.850. The molecular weight excluding hydrogens is 232 g/mol. The lowest BCUT2D eigenvalue weighted by atomic mass is 10.0. The molecule has 0 bridgehead atoms. The Morgan fingerprint density at radius 3 is 2.79 bits per heavy atom. The fraction of sp³-hybridized carbons (Fsp3) is 0.471. The number of anilines is 1. The van der Waals surface area contributed by atoms with E-state index in [1.165, 1.54) is 47.1 Å². The van der Waals surface area contributed by atoms with E-state index in [2.05, 4.69) is 43.4 Å². The van der Waals surface area contributed by atoms with Gasteiger partial charge < -0.3 is 5.32 Å². The number of aryl methyl sites for hydroxylation is 1. The number of aromatic nitrogens is 1. The average molecular weight is 254 g/mol. The third-order valence-electron chi connectivity index (χ3n) is 3.83. The number of hydrogen-bond donors (Lipinski definition) is 1. The predicted octanol–water partition coefficient (Wildman–Crippen LogP) is 4.50. The van der Waals surface area contributed by atoms with E-state index in [4.69, 9.17) is 4.98 Å². The lowest BCUT2D eigenvalue weighted by Crippen LogP contribution is -2.01. The first-order chi connectivity index (χ1) is 9.33. The largest absolute Gasteiger partial charge is 0.385 e. The minimum Gasteiger partial charge on any atom is -0.385 e. The maximum Gasteiger partial charge on any atom is 0.0758 e. The Balaban J connectivity index is 2.18. The molecular formula is C17H22N2. The monoisotopic (exact) mass is 254 g/mol. The summed E-state index contributed by atoms with van der Waals surface area (Å²) >= 11 is 0. The smallest absolute Gasteiger partial charge is 0.0758 e. The standard InChI is InChI=1S/C17H22N2/c1-3-6-13-7-5-8-14-16(18-4-2)11-15(12-9-10-12)19-17(13)14/h5,7-8,11-12H,3-4,6,9-10H2,1-2H3,(H,18,19). The molecule has 1 heterocycles. The average Bonchev–Trinajstić information content (AvgIpc) is 3.24. The Kier molecular flexibility index (Phi) is 3.41. The molecule has 2 heteroatoms. The summed E-state index contributed by atoms with van der Waals surface area (Å²) in [6.07, 6.45) is 4.90. The van der Waals surface area contributed by atoms with Gasteiger partial charge in [-0.3, -0.25) is 4.98 Å². The van der Waals surface area contributed by atoms with E-state index in [1.807, 2.05) is 0 Å². The summed E-state index contributed by atoms with van der Waals surface area (Å²) in [5, 5.41) is 4.78. The van der Waals surface area contributed by atoms with Crippen LogP contribution in [0.3, 0.4) is 0 Å². The van der Waals surface area contributed by atoms with Crippen molar-refractivity contribution in [1.29, 1.82) is 0 Å². The molecule has 1 N–H and O–H groups in total. The molecule has 0 spiro atoms. The molecule has 1 saturated carbocycles. The van der Waals surface area contributed by atoms with Crippen molar-refractivity contribution in [2.24, 2.45) is 0 Å². The van der Waals surface area contributed by atoms with Crippen LogP contribution in [-0.2, 0) is 6.42 Å². The first-order valence-corrected chi connectivity index (χ1v) is 7.50. The zero-order chi connectivity index (χ0) is 13.2. The van der Waals surface area contributed by atoms with Crippen molar-refractivity contribution in [2.45, 2.75) is 45.4 Å². The van der Waals surface area contributed by atoms with Crippen LogP contribution in [0, 0.1) is 0 Å². The number of fused-ring (bicyclic) bond motifs is 1. The molecule has 0 radical (unpaired) electrons. The number of nitrogens with one attached hydrogen (secondary N) is 1. The molecule has 1 fully saturated rings. The molecule has 100 valence electrons. The number of para-hydroxylation sites is 1. The molecule has 19 heavy (non-hydrogen) atoms. The topological polar surface area (TPSA) is 24.9 Å². The third-order valence-corrected chi connectivity index (χ3v) is 3.83. The summed E-state index contributed by atoms with van der Waals surface area (Å²) in [6, 6.07) is 8.84. The predicted molar refractivity (Wildman–Crippen MR) is 81.9 cm³/mol. The first-order valence-electron chi connectivity index (χ1n) is 7.50. The fourth-order valence-corrected chi connectivity index (χ4v) is 2.72. The highest BCUT2D eigenvalue weighted by atomic mass is 14.9. The number of pyridine rings is 1. The molecule has 0 amide bonds. The fourth-order valence-electron chi connectivity index (χ4n) is 2.72. The molecule has 1 aromatic carbocycles. The Labute approximate surface area is 115 Å². The highest BCUT2D eigenvalue weighted by molar-refractivity contribution is 5.93.